The fraction of sp³-hybridized carbons (Fsp3) is 0.583. The number of amides is 1. The number of carbonyl (C=O) groups is 1. The van der Waals surface area contributed by atoms with Crippen molar-refractivity contribution in [1.82, 2.24) is 14.9 Å². The molecule has 3 N–H and O–H groups in total. The maximum atomic E-state index is 11.6. The first-order valence-corrected chi connectivity index (χ1v) is 6.22. The quantitative estimate of drug-likeness (QED) is 0.798. The summed E-state index contributed by atoms with van der Waals surface area (Å²) >= 11 is 0. The third-order valence-corrected chi connectivity index (χ3v) is 3.30. The van der Waals surface area contributed by atoms with Crippen LogP contribution in [0.25, 0.3) is 0 Å². The Bertz CT molecular complexity index is 423. The molecule has 1 aliphatic rings. The lowest BCUT2D eigenvalue weighted by molar-refractivity contribution is -0.130. The van der Waals surface area contributed by atoms with Gasteiger partial charge in [-0.3, -0.25) is 9.78 Å². The van der Waals surface area contributed by atoms with E-state index in [2.05, 4.69) is 15.3 Å². The summed E-state index contributed by atoms with van der Waals surface area (Å²) in [5, 5.41) is 3.05. The number of nitrogens with two attached hydrogens (primary N) is 1. The van der Waals surface area contributed by atoms with Crippen molar-refractivity contribution in [2.45, 2.75) is 18.8 Å². The van der Waals surface area contributed by atoms with Crippen LogP contribution in [0.4, 0.5) is 5.82 Å². The first-order valence-electron chi connectivity index (χ1n) is 6.22. The van der Waals surface area contributed by atoms with E-state index < -0.39 is 0 Å². The highest BCUT2D eigenvalue weighted by Crippen LogP contribution is 2.28. The standard InChI is InChI=1S/C12H19N5O/c1-14-12-11(15-4-5-16-12)9-3-2-6-17(8-9)10(18)7-13/h4-5,9H,2-3,6-8,13H2,1H3,(H,14,16)/t9-/m1/s1. The molecule has 1 fully saturated rings. The number of piperidine rings is 1. The summed E-state index contributed by atoms with van der Waals surface area (Å²) < 4.78 is 0. The third-order valence-electron chi connectivity index (χ3n) is 3.30. The smallest absolute Gasteiger partial charge is 0.236 e. The number of rotatable bonds is 3. The summed E-state index contributed by atoms with van der Waals surface area (Å²) in [6.07, 6.45) is 5.37. The van der Waals surface area contributed by atoms with E-state index in [0.717, 1.165) is 30.9 Å². The summed E-state index contributed by atoms with van der Waals surface area (Å²) in [5.74, 6) is 1.05. The van der Waals surface area contributed by atoms with Crippen molar-refractivity contribution < 1.29 is 4.79 Å². The molecule has 0 saturated carbocycles. The molecule has 98 valence electrons. The average molecular weight is 249 g/mol. The molecule has 2 heterocycles. The van der Waals surface area contributed by atoms with E-state index in [-0.39, 0.29) is 18.4 Å². The number of nitrogens with one attached hydrogen (secondary N) is 1. The molecule has 2 rings (SSSR count). The Morgan fingerprint density at radius 2 is 2.33 bits per heavy atom. The Morgan fingerprint density at radius 3 is 3.06 bits per heavy atom. The predicted octanol–water partition coefficient (Wildman–Crippen LogP) is 0.183. The van der Waals surface area contributed by atoms with Gasteiger partial charge in [0.25, 0.3) is 0 Å². The highest BCUT2D eigenvalue weighted by atomic mass is 16.2. The van der Waals surface area contributed by atoms with Crippen molar-refractivity contribution in [1.29, 1.82) is 0 Å². The number of hydrogen-bond donors (Lipinski definition) is 2. The lowest BCUT2D eigenvalue weighted by atomic mass is 9.94. The van der Waals surface area contributed by atoms with E-state index in [1.807, 2.05) is 11.9 Å². The van der Waals surface area contributed by atoms with Gasteiger partial charge in [-0.1, -0.05) is 0 Å². The second kappa shape index (κ2) is 5.77. The van der Waals surface area contributed by atoms with Gasteiger partial charge in [-0.15, -0.1) is 0 Å². The van der Waals surface area contributed by atoms with E-state index in [1.54, 1.807) is 12.4 Å². The van der Waals surface area contributed by atoms with Gasteiger partial charge in [0, 0.05) is 38.4 Å². The maximum Gasteiger partial charge on any atom is 0.236 e. The number of carbonyl (C=O) groups excluding carboxylic acids is 1. The summed E-state index contributed by atoms with van der Waals surface area (Å²) in [7, 11) is 1.83. The van der Waals surface area contributed by atoms with Crippen LogP contribution >= 0.6 is 0 Å². The molecule has 0 bridgehead atoms. The third kappa shape index (κ3) is 2.59. The van der Waals surface area contributed by atoms with Crippen LogP contribution in [0, 0.1) is 0 Å². The fourth-order valence-corrected chi connectivity index (χ4v) is 2.40. The van der Waals surface area contributed by atoms with E-state index in [0.29, 0.717) is 6.54 Å². The van der Waals surface area contributed by atoms with Crippen molar-refractivity contribution in [2.24, 2.45) is 5.73 Å². The van der Waals surface area contributed by atoms with Gasteiger partial charge in [0.05, 0.1) is 12.2 Å². The van der Waals surface area contributed by atoms with Gasteiger partial charge in [-0.05, 0) is 12.8 Å². The lowest BCUT2D eigenvalue weighted by Gasteiger charge is -2.32. The van der Waals surface area contributed by atoms with E-state index >= 15 is 0 Å². The van der Waals surface area contributed by atoms with Crippen LogP contribution < -0.4 is 11.1 Å². The summed E-state index contributed by atoms with van der Waals surface area (Å²) in [4.78, 5) is 22.1. The molecule has 1 aliphatic heterocycles. The van der Waals surface area contributed by atoms with Gasteiger partial charge in [0.1, 0.15) is 5.82 Å². The Hall–Kier alpha value is -1.69. The molecule has 6 nitrogen and oxygen atoms in total. The highest BCUT2D eigenvalue weighted by molar-refractivity contribution is 5.78. The lowest BCUT2D eigenvalue weighted by Crippen LogP contribution is -2.42. The van der Waals surface area contributed by atoms with Crippen LogP contribution in [0.3, 0.4) is 0 Å². The van der Waals surface area contributed by atoms with Crippen molar-refractivity contribution in [3.8, 4) is 0 Å². The molecule has 1 atom stereocenters. The van der Waals surface area contributed by atoms with E-state index in [4.69, 9.17) is 5.73 Å². The molecule has 0 aliphatic carbocycles. The minimum Gasteiger partial charge on any atom is -0.372 e. The predicted molar refractivity (Wildman–Crippen MR) is 69.2 cm³/mol. The van der Waals surface area contributed by atoms with Crippen LogP contribution in [0.5, 0.6) is 0 Å². The average Bonchev–Trinajstić information content (AvgIpc) is 2.46. The topological polar surface area (TPSA) is 84.1 Å². The SMILES string of the molecule is CNc1nccnc1[C@@H]1CCCN(C(=O)CN)C1. The van der Waals surface area contributed by atoms with Crippen LogP contribution in [0.15, 0.2) is 12.4 Å². The number of aromatic nitrogens is 2. The van der Waals surface area contributed by atoms with Crippen molar-refractivity contribution in [2.75, 3.05) is 32.0 Å². The second-order valence-electron chi connectivity index (χ2n) is 4.42. The molecule has 0 radical (unpaired) electrons. The molecule has 0 aromatic carbocycles. The van der Waals surface area contributed by atoms with Crippen LogP contribution in [0.1, 0.15) is 24.5 Å². The summed E-state index contributed by atoms with van der Waals surface area (Å²) in [6.45, 7) is 1.55. The van der Waals surface area contributed by atoms with E-state index in [9.17, 15) is 4.79 Å². The van der Waals surface area contributed by atoms with E-state index in [1.165, 1.54) is 0 Å². The molecule has 1 amide bonds. The zero-order valence-corrected chi connectivity index (χ0v) is 10.6. The number of nitrogens with zero attached hydrogens (tertiary/aromatic N) is 3. The van der Waals surface area contributed by atoms with Crippen LogP contribution in [-0.2, 0) is 4.79 Å². The molecule has 0 spiro atoms. The van der Waals surface area contributed by atoms with Crippen molar-refractivity contribution in [3.63, 3.8) is 0 Å². The van der Waals surface area contributed by atoms with Gasteiger partial charge in [-0.2, -0.15) is 0 Å². The van der Waals surface area contributed by atoms with Crippen molar-refractivity contribution in [3.05, 3.63) is 18.1 Å². The maximum absolute atomic E-state index is 11.6. The molecule has 0 unspecified atom stereocenters. The van der Waals surface area contributed by atoms with Crippen molar-refractivity contribution >= 4 is 11.7 Å². The Balaban J connectivity index is 2.15. The van der Waals surface area contributed by atoms with Gasteiger partial charge in [0.15, 0.2) is 0 Å². The molecular weight excluding hydrogens is 230 g/mol. The second-order valence-corrected chi connectivity index (χ2v) is 4.42. The Labute approximate surface area is 107 Å². The molecule has 18 heavy (non-hydrogen) atoms. The zero-order valence-electron chi connectivity index (χ0n) is 10.6. The summed E-state index contributed by atoms with van der Waals surface area (Å²) in [5.41, 5.74) is 6.35. The Kier molecular flexibility index (Phi) is 4.09. The monoisotopic (exact) mass is 249 g/mol. The highest BCUT2D eigenvalue weighted by Gasteiger charge is 2.26. The first kappa shape index (κ1) is 12.8. The molecule has 1 saturated heterocycles. The minimum absolute atomic E-state index is 0.00889. The Morgan fingerprint density at radius 1 is 1.56 bits per heavy atom. The minimum atomic E-state index is 0.00889. The van der Waals surface area contributed by atoms with Crippen LogP contribution in [0.2, 0.25) is 0 Å². The number of likely N-dealkylation sites (tertiary alicyclic amines) is 1. The largest absolute Gasteiger partial charge is 0.372 e. The number of hydrogen-bond acceptors (Lipinski definition) is 5. The molecule has 1 aromatic rings. The molecule has 6 heteroatoms. The normalized spacial score (nSPS) is 19.7. The van der Waals surface area contributed by atoms with Gasteiger partial charge in [-0.25, -0.2) is 4.98 Å². The molecular formula is C12H19N5O. The summed E-state index contributed by atoms with van der Waals surface area (Å²) in [6, 6.07) is 0. The zero-order chi connectivity index (χ0) is 13.0. The molecule has 1 aromatic heterocycles. The van der Waals surface area contributed by atoms with Crippen LogP contribution in [-0.4, -0.2) is 47.5 Å². The van der Waals surface area contributed by atoms with Gasteiger partial charge in [0.2, 0.25) is 5.91 Å². The van der Waals surface area contributed by atoms with Gasteiger partial charge >= 0.3 is 0 Å². The number of anilines is 1. The fourth-order valence-electron chi connectivity index (χ4n) is 2.40. The first-order chi connectivity index (χ1) is 8.76. The van der Waals surface area contributed by atoms with Gasteiger partial charge < -0.3 is 16.0 Å².